The highest BCUT2D eigenvalue weighted by Gasteiger charge is 2.10. The number of hydrogen-bond acceptors (Lipinski definition) is 3. The first kappa shape index (κ1) is 19.9. The molecule has 0 aromatic carbocycles. The van der Waals surface area contributed by atoms with Crippen molar-refractivity contribution in [3.63, 3.8) is 0 Å². The summed E-state index contributed by atoms with van der Waals surface area (Å²) >= 11 is 0. The number of hydrogen-bond donors (Lipinski definition) is 1. The molecule has 0 aliphatic carbocycles. The molecule has 0 radical (unpaired) electrons. The molecular formula is C18H32O3. The number of allylic oxidation sites excluding steroid dienone is 4. The molecule has 3 heteroatoms. The van der Waals surface area contributed by atoms with Crippen LogP contribution in [-0.4, -0.2) is 23.8 Å². The summed E-state index contributed by atoms with van der Waals surface area (Å²) in [7, 11) is 0. The van der Waals surface area contributed by atoms with Gasteiger partial charge in [-0.25, -0.2) is 0 Å². The van der Waals surface area contributed by atoms with Gasteiger partial charge in [0, 0.05) is 6.42 Å². The first-order valence-corrected chi connectivity index (χ1v) is 8.19. The third kappa shape index (κ3) is 15.1. The van der Waals surface area contributed by atoms with Gasteiger partial charge in [0.25, 0.3) is 0 Å². The van der Waals surface area contributed by atoms with E-state index in [1.54, 1.807) is 0 Å². The summed E-state index contributed by atoms with van der Waals surface area (Å²) in [6.07, 6.45) is 14.1. The molecule has 122 valence electrons. The fourth-order valence-electron chi connectivity index (χ4n) is 1.91. The van der Waals surface area contributed by atoms with Crippen LogP contribution in [0, 0.1) is 5.92 Å². The zero-order valence-corrected chi connectivity index (χ0v) is 13.9. The van der Waals surface area contributed by atoms with E-state index in [2.05, 4.69) is 31.2 Å². The Hall–Kier alpha value is -1.09. The van der Waals surface area contributed by atoms with Crippen molar-refractivity contribution in [2.75, 3.05) is 6.61 Å². The first-order chi connectivity index (χ1) is 10.1. The third-order valence-electron chi connectivity index (χ3n) is 2.99. The topological polar surface area (TPSA) is 46.5 Å². The quantitative estimate of drug-likeness (QED) is 0.330. The SMILES string of the molecule is CCC/C=C\C/C=C\CCCC(=O)OCC(O)CC(C)C. The number of carbonyl (C=O) groups is 1. The smallest absolute Gasteiger partial charge is 0.305 e. The lowest BCUT2D eigenvalue weighted by atomic mass is 10.1. The molecule has 0 saturated heterocycles. The predicted molar refractivity (Wildman–Crippen MR) is 88.1 cm³/mol. The van der Waals surface area contributed by atoms with Crippen molar-refractivity contribution in [2.24, 2.45) is 5.92 Å². The van der Waals surface area contributed by atoms with E-state index in [1.165, 1.54) is 6.42 Å². The van der Waals surface area contributed by atoms with Gasteiger partial charge in [-0.15, -0.1) is 0 Å². The minimum absolute atomic E-state index is 0.120. The Kier molecular flexibility index (Phi) is 13.2. The summed E-state index contributed by atoms with van der Waals surface area (Å²) < 4.78 is 5.05. The number of esters is 1. The fourth-order valence-corrected chi connectivity index (χ4v) is 1.91. The van der Waals surface area contributed by atoms with Crippen molar-refractivity contribution in [1.82, 2.24) is 0 Å². The van der Waals surface area contributed by atoms with E-state index in [0.717, 1.165) is 25.7 Å². The van der Waals surface area contributed by atoms with Gasteiger partial charge in [-0.2, -0.15) is 0 Å². The Morgan fingerprint density at radius 3 is 2.43 bits per heavy atom. The molecule has 1 atom stereocenters. The molecule has 1 unspecified atom stereocenters. The van der Waals surface area contributed by atoms with Crippen molar-refractivity contribution >= 4 is 5.97 Å². The molecule has 0 aliphatic rings. The average molecular weight is 296 g/mol. The zero-order chi connectivity index (χ0) is 15.9. The highest BCUT2D eigenvalue weighted by Crippen LogP contribution is 2.06. The van der Waals surface area contributed by atoms with Crippen LogP contribution < -0.4 is 0 Å². The van der Waals surface area contributed by atoms with Gasteiger partial charge in [-0.3, -0.25) is 4.79 Å². The second kappa shape index (κ2) is 13.9. The number of aliphatic hydroxyl groups is 1. The molecule has 0 rings (SSSR count). The molecule has 0 amide bonds. The Balaban J connectivity index is 3.51. The van der Waals surface area contributed by atoms with Crippen molar-refractivity contribution in [3.8, 4) is 0 Å². The molecule has 0 fully saturated rings. The van der Waals surface area contributed by atoms with Crippen molar-refractivity contribution < 1.29 is 14.6 Å². The second-order valence-corrected chi connectivity index (χ2v) is 5.83. The molecule has 1 N–H and O–H groups in total. The maximum absolute atomic E-state index is 11.5. The van der Waals surface area contributed by atoms with Crippen LogP contribution in [0.25, 0.3) is 0 Å². The molecule has 0 spiro atoms. The largest absolute Gasteiger partial charge is 0.463 e. The molecule has 0 aromatic heterocycles. The van der Waals surface area contributed by atoms with E-state index in [-0.39, 0.29) is 12.6 Å². The van der Waals surface area contributed by atoms with E-state index in [9.17, 15) is 9.90 Å². The van der Waals surface area contributed by atoms with E-state index in [0.29, 0.717) is 18.8 Å². The minimum atomic E-state index is -0.538. The third-order valence-corrected chi connectivity index (χ3v) is 2.99. The Labute approximate surface area is 130 Å². The van der Waals surface area contributed by atoms with Crippen LogP contribution in [-0.2, 0) is 9.53 Å². The number of unbranched alkanes of at least 4 members (excludes halogenated alkanes) is 2. The van der Waals surface area contributed by atoms with E-state index in [1.807, 2.05) is 13.8 Å². The van der Waals surface area contributed by atoms with Gasteiger partial charge < -0.3 is 9.84 Å². The fraction of sp³-hybridized carbons (Fsp3) is 0.722. The predicted octanol–water partition coefficient (Wildman–Crippen LogP) is 4.41. The van der Waals surface area contributed by atoms with Gasteiger partial charge in [0.15, 0.2) is 0 Å². The standard InChI is InChI=1S/C18H32O3/c1-4-5-6-7-8-9-10-11-12-13-18(20)21-15-17(19)14-16(2)3/h6-7,9-10,16-17,19H,4-5,8,11-15H2,1-3H3/b7-6-,10-9-. The Morgan fingerprint density at radius 1 is 1.14 bits per heavy atom. The van der Waals surface area contributed by atoms with Crippen molar-refractivity contribution in [2.45, 2.75) is 71.8 Å². The summed E-state index contributed by atoms with van der Waals surface area (Å²) in [5.41, 5.74) is 0. The molecular weight excluding hydrogens is 264 g/mol. The van der Waals surface area contributed by atoms with Crippen LogP contribution in [0.1, 0.15) is 65.7 Å². The van der Waals surface area contributed by atoms with E-state index >= 15 is 0 Å². The van der Waals surface area contributed by atoms with Gasteiger partial charge in [0.2, 0.25) is 0 Å². The average Bonchev–Trinajstić information content (AvgIpc) is 2.42. The van der Waals surface area contributed by atoms with Gasteiger partial charge in [0.05, 0.1) is 6.10 Å². The first-order valence-electron chi connectivity index (χ1n) is 8.19. The lowest BCUT2D eigenvalue weighted by Crippen LogP contribution is -2.20. The maximum atomic E-state index is 11.5. The van der Waals surface area contributed by atoms with Crippen LogP contribution in [0.15, 0.2) is 24.3 Å². The highest BCUT2D eigenvalue weighted by atomic mass is 16.5. The summed E-state index contributed by atoms with van der Waals surface area (Å²) in [4.78, 5) is 11.5. The Morgan fingerprint density at radius 2 is 1.81 bits per heavy atom. The number of carbonyl (C=O) groups excluding carboxylic acids is 1. The monoisotopic (exact) mass is 296 g/mol. The molecule has 0 aliphatic heterocycles. The summed E-state index contributed by atoms with van der Waals surface area (Å²) in [5, 5.41) is 9.60. The van der Waals surface area contributed by atoms with Crippen LogP contribution in [0.4, 0.5) is 0 Å². The lowest BCUT2D eigenvalue weighted by Gasteiger charge is -2.13. The normalized spacial score (nSPS) is 13.4. The van der Waals surface area contributed by atoms with Crippen LogP contribution in [0.5, 0.6) is 0 Å². The van der Waals surface area contributed by atoms with Crippen molar-refractivity contribution in [1.29, 1.82) is 0 Å². The van der Waals surface area contributed by atoms with Gasteiger partial charge in [0.1, 0.15) is 6.61 Å². The highest BCUT2D eigenvalue weighted by molar-refractivity contribution is 5.69. The van der Waals surface area contributed by atoms with Gasteiger partial charge in [-0.05, 0) is 38.0 Å². The number of ether oxygens (including phenoxy) is 1. The van der Waals surface area contributed by atoms with E-state index < -0.39 is 6.10 Å². The number of rotatable bonds is 12. The van der Waals surface area contributed by atoms with Gasteiger partial charge >= 0.3 is 5.97 Å². The molecule has 0 bridgehead atoms. The van der Waals surface area contributed by atoms with Crippen LogP contribution in [0.3, 0.4) is 0 Å². The summed E-state index contributed by atoms with van der Waals surface area (Å²) in [5.74, 6) is 0.198. The number of aliphatic hydroxyl groups excluding tert-OH is 1. The minimum Gasteiger partial charge on any atom is -0.463 e. The van der Waals surface area contributed by atoms with Crippen LogP contribution in [0.2, 0.25) is 0 Å². The summed E-state index contributed by atoms with van der Waals surface area (Å²) in [6, 6.07) is 0. The zero-order valence-electron chi connectivity index (χ0n) is 13.9. The maximum Gasteiger partial charge on any atom is 0.305 e. The lowest BCUT2D eigenvalue weighted by molar-refractivity contribution is -0.147. The molecule has 0 aromatic rings. The second-order valence-electron chi connectivity index (χ2n) is 5.83. The molecule has 21 heavy (non-hydrogen) atoms. The van der Waals surface area contributed by atoms with Crippen molar-refractivity contribution in [3.05, 3.63) is 24.3 Å². The molecule has 0 saturated carbocycles. The summed E-state index contributed by atoms with van der Waals surface area (Å²) in [6.45, 7) is 6.36. The van der Waals surface area contributed by atoms with E-state index in [4.69, 9.17) is 4.74 Å². The Bertz CT molecular complexity index is 306. The van der Waals surface area contributed by atoms with Crippen LogP contribution >= 0.6 is 0 Å². The molecule has 0 heterocycles. The molecule has 3 nitrogen and oxygen atoms in total. The van der Waals surface area contributed by atoms with Gasteiger partial charge in [-0.1, -0.05) is 51.5 Å².